The van der Waals surface area contributed by atoms with E-state index in [-0.39, 0.29) is 17.4 Å². The number of halogens is 1. The van der Waals surface area contributed by atoms with Crippen molar-refractivity contribution >= 4 is 38.3 Å². The lowest BCUT2D eigenvalue weighted by Gasteiger charge is -2.24. The van der Waals surface area contributed by atoms with Gasteiger partial charge in [-0.2, -0.15) is 0 Å². The Morgan fingerprint density at radius 2 is 1.83 bits per heavy atom. The quantitative estimate of drug-likeness (QED) is 0.403. The fraction of sp³-hybridized carbons (Fsp3) is 0.300. The van der Waals surface area contributed by atoms with Crippen LogP contribution in [-0.2, 0) is 0 Å². The lowest BCUT2D eigenvalue weighted by molar-refractivity contribution is -0.384. The number of rotatable bonds is 8. The lowest BCUT2D eigenvalue weighted by Crippen LogP contribution is -2.38. The zero-order chi connectivity index (χ0) is 21.0. The number of fused-ring (bicyclic) bond motifs is 1. The summed E-state index contributed by atoms with van der Waals surface area (Å²) in [5.74, 6) is -0.657. The van der Waals surface area contributed by atoms with Crippen molar-refractivity contribution in [1.29, 1.82) is 0 Å². The number of nitro benzene ring substituents is 1. The van der Waals surface area contributed by atoms with Gasteiger partial charge >= 0.3 is 0 Å². The molecular weight excluding hydrogens is 395 g/mol. The Kier molecular flexibility index (Phi) is 6.50. The highest BCUT2D eigenvalue weighted by atomic mass is 32.1. The van der Waals surface area contributed by atoms with Gasteiger partial charge in [-0.15, -0.1) is 0 Å². The minimum Gasteiger partial charge on any atom is -0.302 e. The number of amides is 1. The van der Waals surface area contributed by atoms with Crippen LogP contribution in [0.4, 0.5) is 15.2 Å². The first kappa shape index (κ1) is 20.8. The number of nitro groups is 1. The summed E-state index contributed by atoms with van der Waals surface area (Å²) < 4.78 is 14.2. The average molecular weight is 416 g/mol. The number of thiazole rings is 1. The molecule has 2 aromatic carbocycles. The summed E-state index contributed by atoms with van der Waals surface area (Å²) >= 11 is 1.24. The first-order valence-electron chi connectivity index (χ1n) is 9.27. The molecule has 1 heterocycles. The molecule has 0 spiro atoms. The van der Waals surface area contributed by atoms with Crippen LogP contribution in [0.2, 0.25) is 0 Å². The molecule has 0 fully saturated rings. The second-order valence-corrected chi connectivity index (χ2v) is 7.41. The average Bonchev–Trinajstić information content (AvgIpc) is 3.13. The molecular formula is C20H21FN4O3S. The van der Waals surface area contributed by atoms with Gasteiger partial charge in [-0.1, -0.05) is 25.2 Å². The molecule has 0 N–H and O–H groups in total. The Morgan fingerprint density at radius 1 is 1.14 bits per heavy atom. The highest BCUT2D eigenvalue weighted by Crippen LogP contribution is 2.30. The number of carbonyl (C=O) groups excluding carboxylic acids is 1. The lowest BCUT2D eigenvalue weighted by atomic mass is 10.2. The maximum absolute atomic E-state index is 13.6. The molecule has 1 amide bonds. The van der Waals surface area contributed by atoms with Crippen LogP contribution in [0.5, 0.6) is 0 Å². The summed E-state index contributed by atoms with van der Waals surface area (Å²) in [5, 5.41) is 11.3. The molecule has 29 heavy (non-hydrogen) atoms. The molecule has 0 atom stereocenters. The molecule has 3 aromatic rings. The monoisotopic (exact) mass is 416 g/mol. The number of aromatic nitrogens is 1. The van der Waals surface area contributed by atoms with Crippen LogP contribution in [0.1, 0.15) is 24.2 Å². The summed E-state index contributed by atoms with van der Waals surface area (Å²) in [6.07, 6.45) is 0. The minimum atomic E-state index is -0.505. The first-order chi connectivity index (χ1) is 13.9. The molecule has 7 nitrogen and oxygen atoms in total. The fourth-order valence-electron chi connectivity index (χ4n) is 2.95. The maximum Gasteiger partial charge on any atom is 0.269 e. The Morgan fingerprint density at radius 3 is 2.45 bits per heavy atom. The van der Waals surface area contributed by atoms with Crippen molar-refractivity contribution in [2.45, 2.75) is 13.8 Å². The predicted molar refractivity (Wildman–Crippen MR) is 112 cm³/mol. The summed E-state index contributed by atoms with van der Waals surface area (Å²) in [4.78, 5) is 31.8. The molecule has 0 bridgehead atoms. The van der Waals surface area contributed by atoms with E-state index in [0.717, 1.165) is 13.1 Å². The molecule has 0 radical (unpaired) electrons. The molecule has 0 saturated carbocycles. The first-order valence-corrected chi connectivity index (χ1v) is 10.1. The second-order valence-electron chi connectivity index (χ2n) is 6.40. The number of nitrogens with zero attached hydrogens (tertiary/aromatic N) is 4. The van der Waals surface area contributed by atoms with E-state index < -0.39 is 4.92 Å². The van der Waals surface area contributed by atoms with E-state index in [1.165, 1.54) is 47.7 Å². The Balaban J connectivity index is 1.94. The second kappa shape index (κ2) is 9.06. The van der Waals surface area contributed by atoms with E-state index in [4.69, 9.17) is 0 Å². The summed E-state index contributed by atoms with van der Waals surface area (Å²) in [6, 6.07) is 9.83. The minimum absolute atomic E-state index is 0.0771. The third-order valence-corrected chi connectivity index (χ3v) is 5.72. The summed E-state index contributed by atoms with van der Waals surface area (Å²) in [6.45, 7) is 6.84. The van der Waals surface area contributed by atoms with Gasteiger partial charge in [0.25, 0.3) is 11.6 Å². The number of benzene rings is 2. The van der Waals surface area contributed by atoms with Crippen molar-refractivity contribution in [3.05, 3.63) is 64.0 Å². The van der Waals surface area contributed by atoms with Gasteiger partial charge in [0, 0.05) is 30.8 Å². The van der Waals surface area contributed by atoms with Crippen molar-refractivity contribution in [2.24, 2.45) is 0 Å². The fourth-order valence-corrected chi connectivity index (χ4v) is 3.96. The van der Waals surface area contributed by atoms with Gasteiger partial charge in [0.1, 0.15) is 5.82 Å². The number of carbonyl (C=O) groups is 1. The van der Waals surface area contributed by atoms with E-state index in [1.807, 2.05) is 13.8 Å². The highest BCUT2D eigenvalue weighted by Gasteiger charge is 2.22. The normalized spacial score (nSPS) is 11.2. The van der Waals surface area contributed by atoms with Gasteiger partial charge in [-0.05, 0) is 43.4 Å². The third-order valence-electron chi connectivity index (χ3n) is 4.67. The standard InChI is InChI=1S/C20H21FN4O3S/c1-3-23(4-2)11-12-24(19(26)14-5-8-16(9-6-14)25(27)28)20-22-17-10-7-15(21)13-18(17)29-20/h5-10,13H,3-4,11-12H2,1-2H3. The maximum atomic E-state index is 13.6. The van der Waals surface area contributed by atoms with Gasteiger partial charge in [0.2, 0.25) is 0 Å². The van der Waals surface area contributed by atoms with Gasteiger partial charge in [-0.3, -0.25) is 19.8 Å². The number of hydrogen-bond donors (Lipinski definition) is 0. The van der Waals surface area contributed by atoms with Crippen LogP contribution in [0.25, 0.3) is 10.2 Å². The zero-order valence-corrected chi connectivity index (χ0v) is 17.0. The zero-order valence-electron chi connectivity index (χ0n) is 16.2. The number of hydrogen-bond acceptors (Lipinski definition) is 6. The Labute approximate surface area is 171 Å². The van der Waals surface area contributed by atoms with Crippen LogP contribution in [0, 0.1) is 15.9 Å². The molecule has 0 aliphatic rings. The molecule has 0 saturated heterocycles. The number of anilines is 1. The SMILES string of the molecule is CCN(CC)CCN(C(=O)c1ccc([N+](=O)[O-])cc1)c1nc2ccc(F)cc2s1. The van der Waals surface area contributed by atoms with Gasteiger partial charge < -0.3 is 4.90 Å². The van der Waals surface area contributed by atoms with Gasteiger partial charge in [0.15, 0.2) is 5.13 Å². The van der Waals surface area contributed by atoms with E-state index in [0.29, 0.717) is 34.0 Å². The Bertz CT molecular complexity index is 1020. The third kappa shape index (κ3) is 4.75. The van der Waals surface area contributed by atoms with Crippen LogP contribution in [0.15, 0.2) is 42.5 Å². The highest BCUT2D eigenvalue weighted by molar-refractivity contribution is 7.22. The van der Waals surface area contributed by atoms with Crippen molar-refractivity contribution in [2.75, 3.05) is 31.1 Å². The molecule has 0 aliphatic carbocycles. The van der Waals surface area contributed by atoms with Crippen molar-refractivity contribution < 1.29 is 14.1 Å². The van der Waals surface area contributed by atoms with Crippen LogP contribution < -0.4 is 4.90 Å². The summed E-state index contributed by atoms with van der Waals surface area (Å²) in [5.41, 5.74) is 0.878. The predicted octanol–water partition coefficient (Wildman–Crippen LogP) is 4.33. The van der Waals surface area contributed by atoms with E-state index in [1.54, 1.807) is 11.0 Å². The van der Waals surface area contributed by atoms with Crippen LogP contribution in [0.3, 0.4) is 0 Å². The Hall–Kier alpha value is -2.91. The topological polar surface area (TPSA) is 79.6 Å². The van der Waals surface area contributed by atoms with Crippen molar-refractivity contribution in [1.82, 2.24) is 9.88 Å². The summed E-state index contributed by atoms with van der Waals surface area (Å²) in [7, 11) is 0. The van der Waals surface area contributed by atoms with E-state index in [9.17, 15) is 19.3 Å². The molecule has 0 aliphatic heterocycles. The molecule has 0 unspecified atom stereocenters. The van der Waals surface area contributed by atoms with Crippen molar-refractivity contribution in [3.63, 3.8) is 0 Å². The molecule has 1 aromatic heterocycles. The number of likely N-dealkylation sites (N-methyl/N-ethyl adjacent to an activating group) is 1. The van der Waals surface area contributed by atoms with E-state index in [2.05, 4.69) is 9.88 Å². The van der Waals surface area contributed by atoms with Crippen LogP contribution >= 0.6 is 11.3 Å². The smallest absolute Gasteiger partial charge is 0.269 e. The van der Waals surface area contributed by atoms with Gasteiger partial charge in [-0.25, -0.2) is 9.37 Å². The molecule has 3 rings (SSSR count). The largest absolute Gasteiger partial charge is 0.302 e. The van der Waals surface area contributed by atoms with Crippen molar-refractivity contribution in [3.8, 4) is 0 Å². The van der Waals surface area contributed by atoms with Gasteiger partial charge in [0.05, 0.1) is 15.1 Å². The van der Waals surface area contributed by atoms with E-state index >= 15 is 0 Å². The van der Waals surface area contributed by atoms with Crippen LogP contribution in [-0.4, -0.2) is 46.9 Å². The molecule has 9 heteroatoms. The molecule has 152 valence electrons. The number of non-ortho nitro benzene ring substituents is 1.